The monoisotopic (exact) mass is 236 g/mol. The quantitative estimate of drug-likeness (QED) is 0.644. The molecule has 0 aliphatic heterocycles. The van der Waals surface area contributed by atoms with Crippen LogP contribution in [-0.4, -0.2) is 28.0 Å². The Kier molecular flexibility index (Phi) is 11.8. The van der Waals surface area contributed by atoms with E-state index in [-0.39, 0.29) is 0 Å². The fourth-order valence-electron chi connectivity index (χ4n) is 0.832. The molecule has 0 radical (unpaired) electrons. The van der Waals surface area contributed by atoms with Gasteiger partial charge in [0.2, 0.25) is 0 Å². The second-order valence-electron chi connectivity index (χ2n) is 3.61. The molecule has 0 aromatic heterocycles. The average molecular weight is 236 g/mol. The van der Waals surface area contributed by atoms with Crippen molar-refractivity contribution in [3.05, 3.63) is 0 Å². The summed E-state index contributed by atoms with van der Waals surface area (Å²) in [6, 6.07) is 2.92. The highest BCUT2D eigenvalue weighted by molar-refractivity contribution is 7.39. The van der Waals surface area contributed by atoms with Gasteiger partial charge in [0.1, 0.15) is 6.10 Å². The summed E-state index contributed by atoms with van der Waals surface area (Å²) >= 11 is 0. The molecule has 0 bridgehead atoms. The Morgan fingerprint density at radius 2 is 1.53 bits per heavy atom. The second-order valence-corrected chi connectivity index (χ2v) is 4.32. The summed E-state index contributed by atoms with van der Waals surface area (Å²) in [5.41, 5.74) is 0. The van der Waals surface area contributed by atoms with E-state index in [1.165, 1.54) is 6.92 Å². The zero-order chi connectivity index (χ0) is 12.4. The van der Waals surface area contributed by atoms with Crippen molar-refractivity contribution in [2.24, 2.45) is 0 Å². The number of rotatable bonds is 4. The van der Waals surface area contributed by atoms with E-state index in [0.29, 0.717) is 12.1 Å². The van der Waals surface area contributed by atoms with Gasteiger partial charge in [-0.1, -0.05) is 27.7 Å². The Morgan fingerprint density at radius 1 is 1.13 bits per heavy atom. The first-order valence-electron chi connectivity index (χ1n) is 4.79. The van der Waals surface area contributed by atoms with Crippen molar-refractivity contribution in [2.45, 2.75) is 52.8 Å². The van der Waals surface area contributed by atoms with Crippen molar-refractivity contribution in [1.29, 1.82) is 5.26 Å². The van der Waals surface area contributed by atoms with Crippen molar-refractivity contribution < 1.29 is 14.3 Å². The number of nitrogens with one attached hydrogen (secondary N) is 1. The standard InChI is InChI=1S/C6H15N.C3H6NO3P/c1-5(2)7-6(3)4;1-3(2-4)7-8(5)6/h5-7H,1-4H3;3,5-6H,1H3. The summed E-state index contributed by atoms with van der Waals surface area (Å²) in [5.74, 6) is 0. The molecule has 6 heteroatoms. The van der Waals surface area contributed by atoms with Crippen LogP contribution in [0, 0.1) is 11.3 Å². The third-order valence-electron chi connectivity index (χ3n) is 1.10. The van der Waals surface area contributed by atoms with E-state index in [1.54, 1.807) is 6.07 Å². The van der Waals surface area contributed by atoms with Gasteiger partial charge in [-0.25, -0.2) is 0 Å². The molecule has 1 unspecified atom stereocenters. The van der Waals surface area contributed by atoms with Gasteiger partial charge in [0, 0.05) is 12.1 Å². The Morgan fingerprint density at radius 3 is 1.60 bits per heavy atom. The number of hydrogen-bond acceptors (Lipinski definition) is 5. The predicted octanol–water partition coefficient (Wildman–Crippen LogP) is 1.52. The Hall–Kier alpha value is -0.240. The van der Waals surface area contributed by atoms with Gasteiger partial charge in [0.05, 0.1) is 6.07 Å². The Bertz CT molecular complexity index is 175. The smallest absolute Gasteiger partial charge is 0.328 e. The van der Waals surface area contributed by atoms with Crippen molar-refractivity contribution in [2.75, 3.05) is 0 Å². The molecule has 0 aromatic rings. The van der Waals surface area contributed by atoms with E-state index >= 15 is 0 Å². The van der Waals surface area contributed by atoms with E-state index < -0.39 is 14.7 Å². The van der Waals surface area contributed by atoms with Crippen molar-refractivity contribution in [3.63, 3.8) is 0 Å². The predicted molar refractivity (Wildman–Crippen MR) is 60.9 cm³/mol. The minimum Gasteiger partial charge on any atom is -0.328 e. The van der Waals surface area contributed by atoms with Crippen LogP contribution in [-0.2, 0) is 4.52 Å². The first-order valence-corrected chi connectivity index (χ1v) is 5.96. The Labute approximate surface area is 93.1 Å². The third-order valence-corrected chi connectivity index (χ3v) is 1.61. The van der Waals surface area contributed by atoms with E-state index in [9.17, 15) is 0 Å². The van der Waals surface area contributed by atoms with Crippen LogP contribution in [0.25, 0.3) is 0 Å². The number of nitrogens with zero attached hydrogens (tertiary/aromatic N) is 1. The molecule has 5 nitrogen and oxygen atoms in total. The maximum atomic E-state index is 8.10. The van der Waals surface area contributed by atoms with Crippen LogP contribution in [0.5, 0.6) is 0 Å². The summed E-state index contributed by atoms with van der Waals surface area (Å²) in [4.78, 5) is 16.2. The molecule has 0 heterocycles. The van der Waals surface area contributed by atoms with Crippen LogP contribution in [0.2, 0.25) is 0 Å². The molecule has 0 saturated carbocycles. The number of hydrogen-bond donors (Lipinski definition) is 3. The molecular weight excluding hydrogens is 215 g/mol. The largest absolute Gasteiger partial charge is 0.328 e. The zero-order valence-electron chi connectivity index (χ0n) is 9.93. The van der Waals surface area contributed by atoms with Gasteiger partial charge in [0.15, 0.2) is 0 Å². The summed E-state index contributed by atoms with van der Waals surface area (Å²) in [5, 5.41) is 11.3. The summed E-state index contributed by atoms with van der Waals surface area (Å²) in [6.45, 7) is 10.0. The molecule has 0 amide bonds. The molecule has 0 rings (SSSR count). The minimum absolute atomic E-state index is 0.625. The third kappa shape index (κ3) is 20.0. The van der Waals surface area contributed by atoms with E-state index in [2.05, 4.69) is 37.5 Å². The fraction of sp³-hybridized carbons (Fsp3) is 0.889. The summed E-state index contributed by atoms with van der Waals surface area (Å²) < 4.78 is 4.21. The van der Waals surface area contributed by atoms with Crippen LogP contribution in [0.4, 0.5) is 0 Å². The van der Waals surface area contributed by atoms with Crippen molar-refractivity contribution in [3.8, 4) is 6.07 Å². The molecule has 0 spiro atoms. The van der Waals surface area contributed by atoms with Crippen LogP contribution in [0.15, 0.2) is 0 Å². The summed E-state index contributed by atoms with van der Waals surface area (Å²) in [6.07, 6.45) is -0.740. The minimum atomic E-state index is -2.37. The van der Waals surface area contributed by atoms with E-state index in [4.69, 9.17) is 15.0 Å². The Balaban J connectivity index is 0. The van der Waals surface area contributed by atoms with Crippen molar-refractivity contribution in [1.82, 2.24) is 5.32 Å². The molecule has 15 heavy (non-hydrogen) atoms. The highest BCUT2D eigenvalue weighted by Gasteiger charge is 2.04. The van der Waals surface area contributed by atoms with Crippen LogP contribution >= 0.6 is 8.60 Å². The fourth-order valence-corrected chi connectivity index (χ4v) is 1.16. The molecule has 0 saturated heterocycles. The summed E-state index contributed by atoms with van der Waals surface area (Å²) in [7, 11) is -2.37. The number of nitriles is 1. The van der Waals surface area contributed by atoms with Gasteiger partial charge in [0.25, 0.3) is 0 Å². The van der Waals surface area contributed by atoms with Gasteiger partial charge in [-0.3, -0.25) is 4.52 Å². The van der Waals surface area contributed by atoms with E-state index in [0.717, 1.165) is 0 Å². The molecule has 0 aliphatic rings. The molecular formula is C9H21N2O3P. The lowest BCUT2D eigenvalue weighted by Gasteiger charge is -2.10. The normalized spacial score (nSPS) is 12.3. The van der Waals surface area contributed by atoms with Gasteiger partial charge >= 0.3 is 8.60 Å². The average Bonchev–Trinajstić information content (AvgIpc) is 2.01. The van der Waals surface area contributed by atoms with Crippen LogP contribution < -0.4 is 5.32 Å². The first kappa shape index (κ1) is 17.2. The molecule has 0 aromatic carbocycles. The van der Waals surface area contributed by atoms with Gasteiger partial charge in [-0.05, 0) is 6.92 Å². The molecule has 0 fully saturated rings. The highest BCUT2D eigenvalue weighted by Crippen LogP contribution is 2.25. The van der Waals surface area contributed by atoms with E-state index in [1.807, 2.05) is 0 Å². The lowest BCUT2D eigenvalue weighted by atomic mass is 10.3. The molecule has 90 valence electrons. The molecule has 3 N–H and O–H groups in total. The lowest BCUT2D eigenvalue weighted by molar-refractivity contribution is 0.226. The second kappa shape index (κ2) is 10.3. The first-order chi connectivity index (χ1) is 6.79. The SMILES string of the molecule is CC(C#N)OP(O)O.CC(C)NC(C)C. The lowest BCUT2D eigenvalue weighted by Crippen LogP contribution is -2.29. The maximum absolute atomic E-state index is 8.10. The van der Waals surface area contributed by atoms with Gasteiger partial charge < -0.3 is 15.1 Å². The van der Waals surface area contributed by atoms with Gasteiger partial charge in [-0.15, -0.1) is 0 Å². The van der Waals surface area contributed by atoms with Crippen LogP contribution in [0.3, 0.4) is 0 Å². The zero-order valence-corrected chi connectivity index (χ0v) is 10.8. The molecule has 1 atom stereocenters. The molecule has 0 aliphatic carbocycles. The van der Waals surface area contributed by atoms with Crippen LogP contribution in [0.1, 0.15) is 34.6 Å². The topological polar surface area (TPSA) is 85.5 Å². The highest BCUT2D eigenvalue weighted by atomic mass is 31.2. The van der Waals surface area contributed by atoms with Crippen molar-refractivity contribution >= 4 is 8.60 Å². The van der Waals surface area contributed by atoms with Gasteiger partial charge in [-0.2, -0.15) is 5.26 Å². The maximum Gasteiger partial charge on any atom is 0.328 e.